The zero-order chi connectivity index (χ0) is 19.4. The summed E-state index contributed by atoms with van der Waals surface area (Å²) in [6, 6.07) is 9.74. The number of carbonyl (C=O) groups is 2. The number of carbonyl (C=O) groups excluding carboxylic acids is 1. The number of hydrogen-bond acceptors (Lipinski definition) is 3. The van der Waals surface area contributed by atoms with E-state index >= 15 is 0 Å². The average molecular weight is 369 g/mol. The second kappa shape index (κ2) is 8.37. The Kier molecular flexibility index (Phi) is 5.94. The number of carboxylic acid groups (broad SMARTS) is 1. The number of rotatable bonds is 6. The molecule has 1 aromatic heterocycles. The Morgan fingerprint density at radius 2 is 2.04 bits per heavy atom. The van der Waals surface area contributed by atoms with Crippen LogP contribution in [0.1, 0.15) is 59.4 Å². The largest absolute Gasteiger partial charge is 0.481 e. The third-order valence-corrected chi connectivity index (χ3v) is 5.19. The molecule has 1 aliphatic rings. The Balaban J connectivity index is 1.75. The Labute approximate surface area is 159 Å². The molecule has 6 nitrogen and oxygen atoms in total. The highest BCUT2D eigenvalue weighted by atomic mass is 16.4. The smallest absolute Gasteiger partial charge is 0.303 e. The molecule has 1 aromatic carbocycles. The second-order valence-electron chi connectivity index (χ2n) is 7.37. The number of aryl methyl sites for hydroxylation is 2. The van der Waals surface area contributed by atoms with Gasteiger partial charge in [0.1, 0.15) is 0 Å². The van der Waals surface area contributed by atoms with Gasteiger partial charge in [-0.1, -0.05) is 12.1 Å². The van der Waals surface area contributed by atoms with E-state index in [1.807, 2.05) is 53.8 Å². The molecule has 144 valence electrons. The average Bonchev–Trinajstić information content (AvgIpc) is 2.96. The van der Waals surface area contributed by atoms with Crippen molar-refractivity contribution < 1.29 is 14.7 Å². The van der Waals surface area contributed by atoms with Crippen molar-refractivity contribution in [2.24, 2.45) is 0 Å². The van der Waals surface area contributed by atoms with E-state index in [4.69, 9.17) is 5.11 Å². The minimum absolute atomic E-state index is 0.000284. The van der Waals surface area contributed by atoms with Crippen molar-refractivity contribution in [1.82, 2.24) is 14.7 Å². The molecule has 0 saturated carbocycles. The molecule has 3 rings (SSSR count). The molecule has 2 heterocycles. The van der Waals surface area contributed by atoms with Crippen molar-refractivity contribution in [3.63, 3.8) is 0 Å². The Bertz CT molecular complexity index is 828. The number of hydrogen-bond donors (Lipinski definition) is 1. The van der Waals surface area contributed by atoms with E-state index in [1.165, 1.54) is 0 Å². The molecular formula is C21H27N3O3. The zero-order valence-corrected chi connectivity index (χ0v) is 16.0. The molecule has 27 heavy (non-hydrogen) atoms. The van der Waals surface area contributed by atoms with Crippen LogP contribution in [-0.4, -0.2) is 44.3 Å². The molecule has 0 bridgehead atoms. The lowest BCUT2D eigenvalue weighted by Gasteiger charge is -2.35. The van der Waals surface area contributed by atoms with Gasteiger partial charge >= 0.3 is 5.97 Å². The van der Waals surface area contributed by atoms with Gasteiger partial charge in [0, 0.05) is 30.3 Å². The minimum Gasteiger partial charge on any atom is -0.481 e. The fourth-order valence-corrected chi connectivity index (χ4v) is 3.83. The Morgan fingerprint density at radius 1 is 1.22 bits per heavy atom. The van der Waals surface area contributed by atoms with Gasteiger partial charge in [0.25, 0.3) is 5.91 Å². The van der Waals surface area contributed by atoms with Gasteiger partial charge in [0.05, 0.1) is 12.2 Å². The molecule has 1 fully saturated rings. The van der Waals surface area contributed by atoms with Crippen LogP contribution in [0.5, 0.6) is 0 Å². The fourth-order valence-electron chi connectivity index (χ4n) is 3.83. The molecule has 0 spiro atoms. The third-order valence-electron chi connectivity index (χ3n) is 5.19. The number of aromatic nitrogens is 2. The third kappa shape index (κ3) is 4.76. The van der Waals surface area contributed by atoms with Crippen LogP contribution in [-0.2, 0) is 11.3 Å². The molecule has 0 aliphatic carbocycles. The molecule has 0 radical (unpaired) electrons. The van der Waals surface area contributed by atoms with Crippen molar-refractivity contribution in [3.05, 3.63) is 52.8 Å². The fraction of sp³-hybridized carbons (Fsp3) is 0.476. The number of amides is 1. The summed E-state index contributed by atoms with van der Waals surface area (Å²) < 4.78 is 1.94. The number of carboxylic acids is 1. The molecule has 1 N–H and O–H groups in total. The molecule has 1 unspecified atom stereocenters. The van der Waals surface area contributed by atoms with Crippen molar-refractivity contribution in [1.29, 1.82) is 0 Å². The summed E-state index contributed by atoms with van der Waals surface area (Å²) in [7, 11) is 0. The van der Waals surface area contributed by atoms with E-state index in [9.17, 15) is 9.59 Å². The molecule has 2 aromatic rings. The molecule has 6 heteroatoms. The predicted octanol–water partition coefficient (Wildman–Crippen LogP) is 3.41. The van der Waals surface area contributed by atoms with Gasteiger partial charge in [-0.05, 0) is 63.3 Å². The summed E-state index contributed by atoms with van der Waals surface area (Å²) in [4.78, 5) is 25.9. The monoisotopic (exact) mass is 369 g/mol. The minimum atomic E-state index is -0.806. The number of nitrogens with zero attached hydrogens (tertiary/aromatic N) is 3. The summed E-state index contributed by atoms with van der Waals surface area (Å²) >= 11 is 0. The number of piperidine rings is 1. The van der Waals surface area contributed by atoms with Crippen LogP contribution in [0.25, 0.3) is 0 Å². The van der Waals surface area contributed by atoms with Crippen molar-refractivity contribution in [2.75, 3.05) is 6.54 Å². The molecule has 1 aliphatic heterocycles. The lowest BCUT2D eigenvalue weighted by molar-refractivity contribution is -0.137. The van der Waals surface area contributed by atoms with Crippen LogP contribution in [0.15, 0.2) is 30.3 Å². The topological polar surface area (TPSA) is 75.4 Å². The first-order valence-electron chi connectivity index (χ1n) is 9.57. The van der Waals surface area contributed by atoms with Gasteiger partial charge < -0.3 is 10.0 Å². The number of benzene rings is 1. The van der Waals surface area contributed by atoms with Gasteiger partial charge in [-0.2, -0.15) is 5.10 Å². The first-order chi connectivity index (χ1) is 12.9. The highest BCUT2D eigenvalue weighted by Gasteiger charge is 2.27. The number of aliphatic carboxylic acids is 1. The van der Waals surface area contributed by atoms with E-state index in [-0.39, 0.29) is 18.4 Å². The maximum Gasteiger partial charge on any atom is 0.303 e. The summed E-state index contributed by atoms with van der Waals surface area (Å²) in [5.41, 5.74) is 3.77. The second-order valence-corrected chi connectivity index (χ2v) is 7.37. The molecular weight excluding hydrogens is 342 g/mol. The van der Waals surface area contributed by atoms with Crippen LogP contribution in [0, 0.1) is 13.8 Å². The van der Waals surface area contributed by atoms with E-state index in [2.05, 4.69) is 5.10 Å². The number of likely N-dealkylation sites (tertiary alicyclic amines) is 1. The van der Waals surface area contributed by atoms with Crippen LogP contribution in [0.3, 0.4) is 0 Å². The predicted molar refractivity (Wildman–Crippen MR) is 103 cm³/mol. The van der Waals surface area contributed by atoms with Gasteiger partial charge in [-0.15, -0.1) is 0 Å². The van der Waals surface area contributed by atoms with Crippen LogP contribution >= 0.6 is 0 Å². The SMILES string of the molecule is Cc1cc(C)n(Cc2cccc(C(=O)N3CCCCC3CCC(=O)O)c2)n1. The van der Waals surface area contributed by atoms with Gasteiger partial charge in [-0.25, -0.2) is 0 Å². The Morgan fingerprint density at radius 3 is 2.74 bits per heavy atom. The van der Waals surface area contributed by atoms with Gasteiger partial charge in [0.2, 0.25) is 0 Å². The van der Waals surface area contributed by atoms with Crippen molar-refractivity contribution in [2.45, 2.75) is 58.5 Å². The summed E-state index contributed by atoms with van der Waals surface area (Å²) in [6.07, 6.45) is 3.52. The summed E-state index contributed by atoms with van der Waals surface area (Å²) in [5.74, 6) is -0.805. The normalized spacial score (nSPS) is 17.1. The molecule has 1 atom stereocenters. The molecule has 1 amide bonds. The quantitative estimate of drug-likeness (QED) is 0.847. The highest BCUT2D eigenvalue weighted by molar-refractivity contribution is 5.94. The van der Waals surface area contributed by atoms with Crippen LogP contribution in [0.2, 0.25) is 0 Å². The van der Waals surface area contributed by atoms with E-state index < -0.39 is 5.97 Å². The summed E-state index contributed by atoms with van der Waals surface area (Å²) in [5, 5.41) is 13.5. The van der Waals surface area contributed by atoms with Crippen LogP contribution in [0.4, 0.5) is 0 Å². The lowest BCUT2D eigenvalue weighted by atomic mass is 9.96. The van der Waals surface area contributed by atoms with Crippen molar-refractivity contribution >= 4 is 11.9 Å². The Hall–Kier alpha value is -2.63. The summed E-state index contributed by atoms with van der Waals surface area (Å²) in [6.45, 7) is 5.32. The molecule has 1 saturated heterocycles. The highest BCUT2D eigenvalue weighted by Crippen LogP contribution is 2.23. The maximum atomic E-state index is 13.1. The van der Waals surface area contributed by atoms with E-state index in [1.54, 1.807) is 0 Å². The van der Waals surface area contributed by atoms with E-state index in [0.717, 1.165) is 36.2 Å². The first-order valence-corrected chi connectivity index (χ1v) is 9.57. The van der Waals surface area contributed by atoms with E-state index in [0.29, 0.717) is 25.1 Å². The van der Waals surface area contributed by atoms with Gasteiger partial charge in [0.15, 0.2) is 0 Å². The lowest BCUT2D eigenvalue weighted by Crippen LogP contribution is -2.44. The van der Waals surface area contributed by atoms with Crippen molar-refractivity contribution in [3.8, 4) is 0 Å². The van der Waals surface area contributed by atoms with Gasteiger partial charge in [-0.3, -0.25) is 14.3 Å². The standard InChI is InChI=1S/C21H27N3O3/c1-15-12-16(2)24(22-15)14-17-6-5-7-18(13-17)21(27)23-11-4-3-8-19(23)9-10-20(25)26/h5-7,12-13,19H,3-4,8-11,14H2,1-2H3,(H,25,26). The van der Waals surface area contributed by atoms with Crippen LogP contribution < -0.4 is 0 Å². The maximum absolute atomic E-state index is 13.1. The zero-order valence-electron chi connectivity index (χ0n) is 16.0. The first kappa shape index (κ1) is 19.1.